The third kappa shape index (κ3) is 3.62. The molecule has 0 bridgehead atoms. The van der Waals surface area contributed by atoms with Crippen LogP contribution >= 0.6 is 11.6 Å². The Morgan fingerprint density at radius 3 is 2.36 bits per heavy atom. The van der Waals surface area contributed by atoms with Crippen molar-refractivity contribution in [2.45, 2.75) is 13.8 Å². The first kappa shape index (κ1) is 10.8. The highest BCUT2D eigenvalue weighted by molar-refractivity contribution is 6.30. The van der Waals surface area contributed by atoms with E-state index in [1.165, 1.54) is 6.08 Å². The van der Waals surface area contributed by atoms with Gasteiger partial charge in [0.25, 0.3) is 0 Å². The minimum Gasteiger partial charge on any atom is -0.423 e. The maximum Gasteiger partial charge on any atom is 0.336 e. The van der Waals surface area contributed by atoms with E-state index in [1.54, 1.807) is 24.3 Å². The number of hydrogen-bond donors (Lipinski definition) is 0. The summed E-state index contributed by atoms with van der Waals surface area (Å²) in [6, 6.07) is 6.65. The zero-order valence-corrected chi connectivity index (χ0v) is 8.84. The van der Waals surface area contributed by atoms with Crippen LogP contribution in [-0.4, -0.2) is 5.97 Å². The summed E-state index contributed by atoms with van der Waals surface area (Å²) >= 11 is 5.68. The summed E-state index contributed by atoms with van der Waals surface area (Å²) in [4.78, 5) is 11.2. The molecule has 2 nitrogen and oxygen atoms in total. The normalized spacial score (nSPS) is 9.36. The van der Waals surface area contributed by atoms with Crippen LogP contribution in [0.25, 0.3) is 0 Å². The molecule has 0 aliphatic carbocycles. The molecule has 0 radical (unpaired) electrons. The van der Waals surface area contributed by atoms with E-state index >= 15 is 0 Å². The lowest BCUT2D eigenvalue weighted by atomic mass is 10.3. The summed E-state index contributed by atoms with van der Waals surface area (Å²) < 4.78 is 5.01. The van der Waals surface area contributed by atoms with Crippen LogP contribution in [0.4, 0.5) is 0 Å². The highest BCUT2D eigenvalue weighted by atomic mass is 35.5. The quantitative estimate of drug-likeness (QED) is 0.426. The van der Waals surface area contributed by atoms with Gasteiger partial charge in [0.15, 0.2) is 0 Å². The van der Waals surface area contributed by atoms with E-state index in [0.29, 0.717) is 10.8 Å². The largest absolute Gasteiger partial charge is 0.423 e. The van der Waals surface area contributed by atoms with Crippen molar-refractivity contribution in [2.75, 3.05) is 0 Å². The Labute approximate surface area is 88.1 Å². The van der Waals surface area contributed by atoms with Gasteiger partial charge in [0.2, 0.25) is 0 Å². The summed E-state index contributed by atoms with van der Waals surface area (Å²) in [5, 5.41) is 0.618. The van der Waals surface area contributed by atoms with E-state index in [0.717, 1.165) is 5.57 Å². The summed E-state index contributed by atoms with van der Waals surface area (Å²) in [7, 11) is 0. The van der Waals surface area contributed by atoms with Gasteiger partial charge in [-0.3, -0.25) is 0 Å². The van der Waals surface area contributed by atoms with Gasteiger partial charge >= 0.3 is 5.97 Å². The minimum absolute atomic E-state index is 0.368. The Kier molecular flexibility index (Phi) is 3.72. The molecule has 1 aromatic carbocycles. The van der Waals surface area contributed by atoms with E-state index in [-0.39, 0.29) is 5.97 Å². The molecule has 0 amide bonds. The van der Waals surface area contributed by atoms with Crippen LogP contribution < -0.4 is 4.74 Å². The number of allylic oxidation sites excluding steroid dienone is 1. The fraction of sp³-hybridized carbons (Fsp3) is 0.182. The van der Waals surface area contributed by atoms with Crippen molar-refractivity contribution in [3.05, 3.63) is 40.9 Å². The second-order valence-corrected chi connectivity index (χ2v) is 3.53. The Morgan fingerprint density at radius 2 is 1.86 bits per heavy atom. The fourth-order valence-corrected chi connectivity index (χ4v) is 1.01. The first-order valence-corrected chi connectivity index (χ1v) is 4.58. The molecule has 74 valence electrons. The summed E-state index contributed by atoms with van der Waals surface area (Å²) in [5.41, 5.74) is 0.906. The van der Waals surface area contributed by atoms with Crippen molar-refractivity contribution in [2.24, 2.45) is 0 Å². The van der Waals surface area contributed by atoms with Crippen molar-refractivity contribution in [3.63, 3.8) is 0 Å². The molecule has 1 aromatic rings. The number of carbonyl (C=O) groups is 1. The number of esters is 1. The number of halogens is 1. The molecular weight excluding hydrogens is 200 g/mol. The predicted molar refractivity (Wildman–Crippen MR) is 56.5 cm³/mol. The molecule has 3 heteroatoms. The number of benzene rings is 1. The highest BCUT2D eigenvalue weighted by Crippen LogP contribution is 2.15. The minimum atomic E-state index is -0.368. The van der Waals surface area contributed by atoms with Crippen molar-refractivity contribution >= 4 is 17.6 Å². The molecule has 0 spiro atoms. The van der Waals surface area contributed by atoms with E-state index in [9.17, 15) is 4.79 Å². The Balaban J connectivity index is 2.66. The van der Waals surface area contributed by atoms with Gasteiger partial charge in [-0.25, -0.2) is 4.79 Å². The third-order valence-corrected chi connectivity index (χ3v) is 1.69. The summed E-state index contributed by atoms with van der Waals surface area (Å²) in [6.45, 7) is 3.67. The standard InChI is InChI=1S/C11H11ClO2/c1-8(2)7-11(13)14-10-5-3-9(12)4-6-10/h3-7H,1-2H3. The Bertz CT molecular complexity index is 348. The van der Waals surface area contributed by atoms with Crippen LogP contribution in [0.1, 0.15) is 13.8 Å². The van der Waals surface area contributed by atoms with Crippen LogP contribution in [0.3, 0.4) is 0 Å². The first-order chi connectivity index (χ1) is 6.58. The smallest absolute Gasteiger partial charge is 0.336 e. The number of hydrogen-bond acceptors (Lipinski definition) is 2. The second kappa shape index (κ2) is 4.82. The molecule has 0 fully saturated rings. The topological polar surface area (TPSA) is 26.3 Å². The second-order valence-electron chi connectivity index (χ2n) is 3.10. The average molecular weight is 211 g/mol. The summed E-state index contributed by atoms with van der Waals surface area (Å²) in [5.74, 6) is 0.129. The maximum atomic E-state index is 11.2. The SMILES string of the molecule is CC(C)=CC(=O)Oc1ccc(Cl)cc1. The van der Waals surface area contributed by atoms with E-state index in [2.05, 4.69) is 0 Å². The highest BCUT2D eigenvalue weighted by Gasteiger charge is 2.00. The van der Waals surface area contributed by atoms with E-state index in [4.69, 9.17) is 16.3 Å². The molecule has 0 aliphatic heterocycles. The molecule has 14 heavy (non-hydrogen) atoms. The predicted octanol–water partition coefficient (Wildman–Crippen LogP) is 3.21. The molecule has 1 rings (SSSR count). The van der Waals surface area contributed by atoms with Gasteiger partial charge in [-0.15, -0.1) is 0 Å². The third-order valence-electron chi connectivity index (χ3n) is 1.44. The lowest BCUT2D eigenvalue weighted by molar-refractivity contribution is -0.129. The van der Waals surface area contributed by atoms with Crippen LogP contribution in [0, 0.1) is 0 Å². The van der Waals surface area contributed by atoms with Crippen molar-refractivity contribution in [3.8, 4) is 5.75 Å². The number of carbonyl (C=O) groups excluding carboxylic acids is 1. The van der Waals surface area contributed by atoms with Gasteiger partial charge < -0.3 is 4.74 Å². The zero-order chi connectivity index (χ0) is 10.6. The number of ether oxygens (including phenoxy) is 1. The lowest BCUT2D eigenvalue weighted by Crippen LogP contribution is -2.04. The van der Waals surface area contributed by atoms with Gasteiger partial charge in [-0.2, -0.15) is 0 Å². The molecule has 0 aliphatic rings. The van der Waals surface area contributed by atoms with Crippen molar-refractivity contribution in [1.82, 2.24) is 0 Å². The van der Waals surface area contributed by atoms with E-state index < -0.39 is 0 Å². The molecule has 0 N–H and O–H groups in total. The molecule has 0 saturated heterocycles. The average Bonchev–Trinajstić information content (AvgIpc) is 2.07. The van der Waals surface area contributed by atoms with E-state index in [1.807, 2.05) is 13.8 Å². The molecule has 0 heterocycles. The molecule has 0 atom stereocenters. The van der Waals surface area contributed by atoms with Crippen LogP contribution in [0.15, 0.2) is 35.9 Å². The molecule has 0 unspecified atom stereocenters. The van der Waals surface area contributed by atoms with Crippen LogP contribution in [-0.2, 0) is 4.79 Å². The fourth-order valence-electron chi connectivity index (χ4n) is 0.884. The van der Waals surface area contributed by atoms with Crippen molar-refractivity contribution in [1.29, 1.82) is 0 Å². The molecule has 0 aromatic heterocycles. The van der Waals surface area contributed by atoms with Crippen LogP contribution in [0.2, 0.25) is 5.02 Å². The first-order valence-electron chi connectivity index (χ1n) is 4.20. The zero-order valence-electron chi connectivity index (χ0n) is 8.08. The molecular formula is C11H11ClO2. The van der Waals surface area contributed by atoms with Gasteiger partial charge in [0.05, 0.1) is 0 Å². The Morgan fingerprint density at radius 1 is 1.29 bits per heavy atom. The van der Waals surface area contributed by atoms with Gasteiger partial charge in [-0.1, -0.05) is 17.2 Å². The maximum absolute atomic E-state index is 11.2. The van der Waals surface area contributed by atoms with Crippen LogP contribution in [0.5, 0.6) is 5.75 Å². The Hall–Kier alpha value is -1.28. The van der Waals surface area contributed by atoms with Gasteiger partial charge in [0.1, 0.15) is 5.75 Å². The summed E-state index contributed by atoms with van der Waals surface area (Å²) in [6.07, 6.45) is 1.44. The van der Waals surface area contributed by atoms with Gasteiger partial charge in [0, 0.05) is 11.1 Å². The monoisotopic (exact) mass is 210 g/mol. The number of rotatable bonds is 2. The van der Waals surface area contributed by atoms with Gasteiger partial charge in [-0.05, 0) is 38.1 Å². The molecule has 0 saturated carbocycles. The van der Waals surface area contributed by atoms with Crippen molar-refractivity contribution < 1.29 is 9.53 Å². The lowest BCUT2D eigenvalue weighted by Gasteiger charge is -2.00.